The lowest BCUT2D eigenvalue weighted by Gasteiger charge is -2.15. The zero-order valence-electron chi connectivity index (χ0n) is 10.8. The first-order chi connectivity index (χ1) is 9.20. The Hall–Kier alpha value is -0.910. The number of nitrogens with zero attached hydrogens (tertiary/aromatic N) is 1. The molecule has 0 aliphatic carbocycles. The fraction of sp³-hybridized carbons (Fsp3) is 0.357. The number of aromatic nitrogens is 1. The second-order valence-electron chi connectivity index (χ2n) is 4.36. The SMILES string of the molecule is CCC(N)Cc1cccc(Br)c1OCc1cncs1. The molecule has 2 aromatic rings. The summed E-state index contributed by atoms with van der Waals surface area (Å²) in [5.41, 5.74) is 8.99. The van der Waals surface area contributed by atoms with Crippen LogP contribution in [0.3, 0.4) is 0 Å². The largest absolute Gasteiger partial charge is 0.487 e. The highest BCUT2D eigenvalue weighted by atomic mass is 79.9. The Bertz CT molecular complexity index is 516. The quantitative estimate of drug-likeness (QED) is 0.870. The minimum Gasteiger partial charge on any atom is -0.487 e. The number of benzene rings is 1. The third-order valence-corrected chi connectivity index (χ3v) is 4.27. The molecule has 102 valence electrons. The maximum atomic E-state index is 6.04. The molecule has 1 aromatic heterocycles. The molecule has 5 heteroatoms. The van der Waals surface area contributed by atoms with Gasteiger partial charge in [0.15, 0.2) is 0 Å². The monoisotopic (exact) mass is 340 g/mol. The number of para-hydroxylation sites is 1. The second kappa shape index (κ2) is 7.03. The van der Waals surface area contributed by atoms with Gasteiger partial charge >= 0.3 is 0 Å². The van der Waals surface area contributed by atoms with Crippen molar-refractivity contribution < 1.29 is 4.74 Å². The first-order valence-electron chi connectivity index (χ1n) is 6.23. The Balaban J connectivity index is 2.13. The highest BCUT2D eigenvalue weighted by Crippen LogP contribution is 2.31. The zero-order valence-corrected chi connectivity index (χ0v) is 13.2. The number of ether oxygens (including phenoxy) is 1. The molecule has 0 saturated carbocycles. The van der Waals surface area contributed by atoms with E-state index in [0.717, 1.165) is 33.5 Å². The van der Waals surface area contributed by atoms with E-state index in [4.69, 9.17) is 10.5 Å². The molecule has 3 nitrogen and oxygen atoms in total. The van der Waals surface area contributed by atoms with Crippen LogP contribution in [0, 0.1) is 0 Å². The zero-order chi connectivity index (χ0) is 13.7. The van der Waals surface area contributed by atoms with Gasteiger partial charge in [0.2, 0.25) is 0 Å². The Morgan fingerprint density at radius 2 is 2.32 bits per heavy atom. The highest BCUT2D eigenvalue weighted by Gasteiger charge is 2.11. The molecule has 1 unspecified atom stereocenters. The topological polar surface area (TPSA) is 48.1 Å². The van der Waals surface area contributed by atoms with Gasteiger partial charge in [-0.1, -0.05) is 19.1 Å². The molecular formula is C14H17BrN2OS. The van der Waals surface area contributed by atoms with E-state index in [1.807, 2.05) is 23.8 Å². The Morgan fingerprint density at radius 3 is 3.00 bits per heavy atom. The number of nitrogens with two attached hydrogens (primary N) is 1. The standard InChI is InChI=1S/C14H17BrN2OS/c1-2-11(16)6-10-4-3-5-13(15)14(10)18-8-12-7-17-9-19-12/h3-5,7,9,11H,2,6,8,16H2,1H3. The molecule has 1 aromatic carbocycles. The normalized spacial score (nSPS) is 12.4. The van der Waals surface area contributed by atoms with Crippen molar-refractivity contribution in [2.45, 2.75) is 32.4 Å². The van der Waals surface area contributed by atoms with E-state index in [1.54, 1.807) is 11.3 Å². The fourth-order valence-corrected chi connectivity index (χ4v) is 2.79. The summed E-state index contributed by atoms with van der Waals surface area (Å²) in [6.07, 6.45) is 3.62. The summed E-state index contributed by atoms with van der Waals surface area (Å²) < 4.78 is 6.90. The molecule has 0 radical (unpaired) electrons. The van der Waals surface area contributed by atoms with Crippen LogP contribution in [0.4, 0.5) is 0 Å². The van der Waals surface area contributed by atoms with Crippen LogP contribution in [0.2, 0.25) is 0 Å². The van der Waals surface area contributed by atoms with Crippen molar-refractivity contribution in [2.24, 2.45) is 5.73 Å². The molecule has 2 rings (SSSR count). The van der Waals surface area contributed by atoms with Gasteiger partial charge in [-0.3, -0.25) is 4.98 Å². The first kappa shape index (κ1) is 14.5. The highest BCUT2D eigenvalue weighted by molar-refractivity contribution is 9.10. The van der Waals surface area contributed by atoms with Crippen LogP contribution in [0.15, 0.2) is 34.4 Å². The average molecular weight is 341 g/mol. The van der Waals surface area contributed by atoms with Gasteiger partial charge in [-0.15, -0.1) is 11.3 Å². The summed E-state index contributed by atoms with van der Waals surface area (Å²) in [4.78, 5) is 5.16. The Labute approximate surface area is 125 Å². The van der Waals surface area contributed by atoms with Crippen molar-refractivity contribution in [1.82, 2.24) is 4.98 Å². The van der Waals surface area contributed by atoms with Gasteiger partial charge in [-0.25, -0.2) is 0 Å². The molecule has 0 aliphatic rings. The van der Waals surface area contributed by atoms with Crippen LogP contribution >= 0.6 is 27.3 Å². The van der Waals surface area contributed by atoms with Gasteiger partial charge in [0.1, 0.15) is 12.4 Å². The van der Waals surface area contributed by atoms with Crippen LogP contribution in [-0.4, -0.2) is 11.0 Å². The molecule has 0 amide bonds. The molecule has 19 heavy (non-hydrogen) atoms. The minimum atomic E-state index is 0.167. The Morgan fingerprint density at radius 1 is 1.47 bits per heavy atom. The van der Waals surface area contributed by atoms with Gasteiger partial charge in [-0.05, 0) is 40.4 Å². The fourth-order valence-electron chi connectivity index (χ4n) is 1.76. The van der Waals surface area contributed by atoms with E-state index in [2.05, 4.69) is 33.9 Å². The lowest BCUT2D eigenvalue weighted by molar-refractivity contribution is 0.303. The minimum absolute atomic E-state index is 0.167. The predicted molar refractivity (Wildman–Crippen MR) is 82.6 cm³/mol. The molecule has 1 heterocycles. The van der Waals surface area contributed by atoms with Crippen molar-refractivity contribution in [2.75, 3.05) is 0 Å². The number of hydrogen-bond donors (Lipinski definition) is 1. The number of halogens is 1. The number of thiazole rings is 1. The predicted octanol–water partition coefficient (Wildman–Crippen LogP) is 3.76. The summed E-state index contributed by atoms with van der Waals surface area (Å²) in [6, 6.07) is 6.24. The third kappa shape index (κ3) is 4.03. The van der Waals surface area contributed by atoms with Crippen LogP contribution in [-0.2, 0) is 13.0 Å². The van der Waals surface area contributed by atoms with Gasteiger partial charge in [0.05, 0.1) is 14.9 Å². The maximum absolute atomic E-state index is 6.04. The lowest BCUT2D eigenvalue weighted by Crippen LogP contribution is -2.21. The molecule has 1 atom stereocenters. The molecule has 2 N–H and O–H groups in total. The van der Waals surface area contributed by atoms with Crippen molar-refractivity contribution in [3.63, 3.8) is 0 Å². The molecule has 0 spiro atoms. The van der Waals surface area contributed by atoms with Crippen molar-refractivity contribution in [3.05, 3.63) is 44.8 Å². The van der Waals surface area contributed by atoms with E-state index >= 15 is 0 Å². The molecular weight excluding hydrogens is 324 g/mol. The third-order valence-electron chi connectivity index (χ3n) is 2.90. The average Bonchev–Trinajstić information content (AvgIpc) is 2.91. The Kier molecular flexibility index (Phi) is 5.36. The molecule has 0 bridgehead atoms. The van der Waals surface area contributed by atoms with Crippen LogP contribution in [0.1, 0.15) is 23.8 Å². The van der Waals surface area contributed by atoms with Crippen LogP contribution < -0.4 is 10.5 Å². The maximum Gasteiger partial charge on any atom is 0.137 e. The summed E-state index contributed by atoms with van der Waals surface area (Å²) in [5, 5.41) is 0. The van der Waals surface area contributed by atoms with Gasteiger partial charge in [0, 0.05) is 12.2 Å². The summed E-state index contributed by atoms with van der Waals surface area (Å²) >= 11 is 5.14. The molecule has 0 saturated heterocycles. The van der Waals surface area contributed by atoms with Crippen molar-refractivity contribution >= 4 is 27.3 Å². The van der Waals surface area contributed by atoms with E-state index in [-0.39, 0.29) is 6.04 Å². The van der Waals surface area contributed by atoms with E-state index in [1.165, 1.54) is 0 Å². The van der Waals surface area contributed by atoms with Crippen LogP contribution in [0.25, 0.3) is 0 Å². The van der Waals surface area contributed by atoms with Crippen molar-refractivity contribution in [1.29, 1.82) is 0 Å². The first-order valence-corrected chi connectivity index (χ1v) is 7.91. The van der Waals surface area contributed by atoms with Gasteiger partial charge < -0.3 is 10.5 Å². The molecule has 0 aliphatic heterocycles. The summed E-state index contributed by atoms with van der Waals surface area (Å²) in [6.45, 7) is 2.64. The smallest absolute Gasteiger partial charge is 0.137 e. The molecule has 0 fully saturated rings. The summed E-state index contributed by atoms with van der Waals surface area (Å²) in [7, 11) is 0. The van der Waals surface area contributed by atoms with E-state index < -0.39 is 0 Å². The summed E-state index contributed by atoms with van der Waals surface area (Å²) in [5.74, 6) is 0.889. The van der Waals surface area contributed by atoms with Gasteiger partial charge in [-0.2, -0.15) is 0 Å². The van der Waals surface area contributed by atoms with Crippen molar-refractivity contribution in [3.8, 4) is 5.75 Å². The second-order valence-corrected chi connectivity index (χ2v) is 6.18. The lowest BCUT2D eigenvalue weighted by atomic mass is 10.0. The van der Waals surface area contributed by atoms with Gasteiger partial charge in [0.25, 0.3) is 0 Å². The van der Waals surface area contributed by atoms with Crippen LogP contribution in [0.5, 0.6) is 5.75 Å². The van der Waals surface area contributed by atoms with E-state index in [9.17, 15) is 0 Å². The number of rotatable bonds is 6. The number of hydrogen-bond acceptors (Lipinski definition) is 4. The van der Waals surface area contributed by atoms with E-state index in [0.29, 0.717) is 6.61 Å².